The average molecular weight is 467 g/mol. The van der Waals surface area contributed by atoms with E-state index in [0.29, 0.717) is 35.5 Å². The van der Waals surface area contributed by atoms with Crippen molar-refractivity contribution in [2.45, 2.75) is 31.1 Å². The smallest absolute Gasteiger partial charge is 0.247 e. The second kappa shape index (κ2) is 9.60. The lowest BCUT2D eigenvalue weighted by atomic mass is 10.1. The molecule has 2 aromatic carbocycles. The molecule has 4 aromatic rings. The van der Waals surface area contributed by atoms with Crippen molar-refractivity contribution < 1.29 is 17.9 Å². The maximum atomic E-state index is 13.5. The van der Waals surface area contributed by atoms with E-state index in [9.17, 15) is 17.9 Å². The molecule has 1 unspecified atom stereocenters. The summed E-state index contributed by atoms with van der Waals surface area (Å²) < 4.78 is 40.2. The number of benzene rings is 2. The molecule has 0 radical (unpaired) electrons. The molecule has 4 rings (SSSR count). The van der Waals surface area contributed by atoms with Crippen molar-refractivity contribution in [1.29, 1.82) is 0 Å². The van der Waals surface area contributed by atoms with Gasteiger partial charge in [-0.1, -0.05) is 37.3 Å². The van der Waals surface area contributed by atoms with E-state index in [0.717, 1.165) is 5.56 Å². The zero-order chi connectivity index (χ0) is 23.4. The van der Waals surface area contributed by atoms with E-state index in [1.165, 1.54) is 24.7 Å². The first-order chi connectivity index (χ1) is 15.9. The molecule has 0 saturated carbocycles. The van der Waals surface area contributed by atoms with E-state index in [2.05, 4.69) is 15.0 Å². The monoisotopic (exact) mass is 466 g/mol. The van der Waals surface area contributed by atoms with Crippen molar-refractivity contribution in [3.8, 4) is 22.6 Å². The molecule has 0 aliphatic carbocycles. The average Bonchev–Trinajstić information content (AvgIpc) is 3.26. The van der Waals surface area contributed by atoms with Crippen LogP contribution in [0.25, 0.3) is 22.6 Å². The van der Waals surface area contributed by atoms with Crippen molar-refractivity contribution in [1.82, 2.24) is 19.5 Å². The summed E-state index contributed by atoms with van der Waals surface area (Å²) in [6.45, 7) is 1.77. The van der Waals surface area contributed by atoms with Gasteiger partial charge in [0.05, 0.1) is 29.2 Å². The molecular weight excluding hydrogens is 443 g/mol. The highest BCUT2D eigenvalue weighted by Gasteiger charge is 2.23. The third-order valence-electron chi connectivity index (χ3n) is 5.12. The Balaban J connectivity index is 1.84. The minimum absolute atomic E-state index is 0.0723. The predicted octanol–water partition coefficient (Wildman–Crippen LogP) is 4.06. The van der Waals surface area contributed by atoms with Crippen LogP contribution in [0.2, 0.25) is 0 Å². The normalized spacial score (nSPS) is 12.6. The molecule has 1 atom stereocenters. The number of aromatic nitrogens is 4. The highest BCUT2D eigenvalue weighted by Crippen LogP contribution is 2.33. The van der Waals surface area contributed by atoms with Gasteiger partial charge in [-0.2, -0.15) is 0 Å². The number of aliphatic hydroxyl groups excluding tert-OH is 1. The van der Waals surface area contributed by atoms with Gasteiger partial charge in [0, 0.05) is 18.2 Å². The lowest BCUT2D eigenvalue weighted by Gasteiger charge is -2.17. The zero-order valence-corrected chi connectivity index (χ0v) is 18.8. The van der Waals surface area contributed by atoms with E-state index in [1.807, 2.05) is 30.3 Å². The van der Waals surface area contributed by atoms with Crippen LogP contribution in [-0.2, 0) is 16.3 Å². The second-order valence-corrected chi connectivity index (χ2v) is 9.57. The maximum absolute atomic E-state index is 13.5. The minimum Gasteiger partial charge on any atom is -0.373 e. The largest absolute Gasteiger partial charge is 0.373 e. The fourth-order valence-corrected chi connectivity index (χ4v) is 4.74. The highest BCUT2D eigenvalue weighted by atomic mass is 32.2. The van der Waals surface area contributed by atoms with Crippen LogP contribution in [0.15, 0.2) is 78.3 Å². The Morgan fingerprint density at radius 3 is 2.45 bits per heavy atom. The number of hydrogen-bond acceptors (Lipinski definition) is 6. The summed E-state index contributed by atoms with van der Waals surface area (Å²) in [5, 5.41) is 10.8. The van der Waals surface area contributed by atoms with Gasteiger partial charge in [-0.05, 0) is 42.3 Å². The maximum Gasteiger partial charge on any atom is 0.247 e. The first-order valence-electron chi connectivity index (χ1n) is 10.5. The molecule has 0 aliphatic heterocycles. The first kappa shape index (κ1) is 22.8. The Morgan fingerprint density at radius 1 is 1.03 bits per heavy atom. The van der Waals surface area contributed by atoms with Crippen molar-refractivity contribution >= 4 is 9.84 Å². The van der Waals surface area contributed by atoms with Crippen LogP contribution in [0.5, 0.6) is 0 Å². The van der Waals surface area contributed by atoms with E-state index in [-0.39, 0.29) is 16.7 Å². The standard InChI is InChI=1S/C24H23FN4O3S/c1-2-14-33(31,32)24-26-13-12-20(28-24)23-22(18-8-10-19(25)11-9-18)27-16-29(23)21(30)15-17-6-4-3-5-7-17/h3-13,16,21,30H,2,14-15H2,1H3. The predicted molar refractivity (Wildman–Crippen MR) is 122 cm³/mol. The highest BCUT2D eigenvalue weighted by molar-refractivity contribution is 7.91. The van der Waals surface area contributed by atoms with Crippen LogP contribution in [-0.4, -0.2) is 38.8 Å². The molecule has 33 heavy (non-hydrogen) atoms. The van der Waals surface area contributed by atoms with Gasteiger partial charge in [-0.15, -0.1) is 0 Å². The van der Waals surface area contributed by atoms with Crippen molar-refractivity contribution in [3.05, 3.63) is 84.6 Å². The van der Waals surface area contributed by atoms with Crippen molar-refractivity contribution in [2.24, 2.45) is 0 Å². The van der Waals surface area contributed by atoms with E-state index in [1.54, 1.807) is 29.7 Å². The molecule has 0 amide bonds. The second-order valence-electron chi connectivity index (χ2n) is 7.57. The summed E-state index contributed by atoms with van der Waals surface area (Å²) in [5.74, 6) is -0.462. The Hall–Kier alpha value is -3.43. The SMILES string of the molecule is CCCS(=O)(=O)c1nccc(-c2c(-c3ccc(F)cc3)ncn2C(O)Cc2ccccc2)n1. The summed E-state index contributed by atoms with van der Waals surface area (Å²) in [4.78, 5) is 12.7. The molecule has 1 N–H and O–H groups in total. The van der Waals surface area contributed by atoms with E-state index >= 15 is 0 Å². The van der Waals surface area contributed by atoms with Gasteiger partial charge in [0.25, 0.3) is 0 Å². The van der Waals surface area contributed by atoms with Crippen LogP contribution in [0, 0.1) is 5.82 Å². The Kier molecular flexibility index (Phi) is 6.62. The number of aliphatic hydroxyl groups is 1. The number of rotatable bonds is 8. The quantitative estimate of drug-likeness (QED) is 0.393. The lowest BCUT2D eigenvalue weighted by Crippen LogP contribution is -2.14. The van der Waals surface area contributed by atoms with Gasteiger partial charge in [-0.3, -0.25) is 0 Å². The molecule has 2 aromatic heterocycles. The van der Waals surface area contributed by atoms with Gasteiger partial charge in [-0.25, -0.2) is 27.8 Å². The van der Waals surface area contributed by atoms with Crippen LogP contribution < -0.4 is 0 Å². The first-order valence-corrected chi connectivity index (χ1v) is 12.1. The van der Waals surface area contributed by atoms with Crippen LogP contribution in [0.1, 0.15) is 25.1 Å². The number of nitrogens with zero attached hydrogens (tertiary/aromatic N) is 4. The fourth-order valence-electron chi connectivity index (χ4n) is 3.57. The van der Waals surface area contributed by atoms with Crippen molar-refractivity contribution in [3.63, 3.8) is 0 Å². The van der Waals surface area contributed by atoms with Gasteiger partial charge >= 0.3 is 0 Å². The van der Waals surface area contributed by atoms with Crippen LogP contribution in [0.3, 0.4) is 0 Å². The summed E-state index contributed by atoms with van der Waals surface area (Å²) >= 11 is 0. The molecule has 0 bridgehead atoms. The topological polar surface area (TPSA) is 98.0 Å². The Labute approximate surface area is 191 Å². The molecule has 7 nitrogen and oxygen atoms in total. The summed E-state index contributed by atoms with van der Waals surface area (Å²) in [7, 11) is -3.65. The van der Waals surface area contributed by atoms with Gasteiger partial charge in [0.2, 0.25) is 15.0 Å². The van der Waals surface area contributed by atoms with Gasteiger partial charge in [0.1, 0.15) is 12.0 Å². The number of halogens is 1. The third-order valence-corrected chi connectivity index (χ3v) is 6.82. The molecular formula is C24H23FN4O3S. The van der Waals surface area contributed by atoms with Crippen molar-refractivity contribution in [2.75, 3.05) is 5.75 Å². The Morgan fingerprint density at radius 2 is 1.76 bits per heavy atom. The molecule has 9 heteroatoms. The fraction of sp³-hybridized carbons (Fsp3) is 0.208. The zero-order valence-electron chi connectivity index (χ0n) is 18.0. The molecule has 0 spiro atoms. The lowest BCUT2D eigenvalue weighted by molar-refractivity contribution is 0.106. The van der Waals surface area contributed by atoms with Crippen LogP contribution in [0.4, 0.5) is 4.39 Å². The van der Waals surface area contributed by atoms with Crippen LogP contribution >= 0.6 is 0 Å². The summed E-state index contributed by atoms with van der Waals surface area (Å²) in [6.07, 6.45) is 2.60. The number of hydrogen-bond donors (Lipinski definition) is 1. The molecule has 0 saturated heterocycles. The Bertz CT molecular complexity index is 1340. The van der Waals surface area contributed by atoms with Gasteiger partial charge in [0.15, 0.2) is 0 Å². The molecule has 2 heterocycles. The van der Waals surface area contributed by atoms with Gasteiger partial charge < -0.3 is 9.67 Å². The molecule has 0 fully saturated rings. The third kappa shape index (κ3) is 4.99. The van der Waals surface area contributed by atoms with E-state index < -0.39 is 16.1 Å². The number of imidazole rings is 1. The minimum atomic E-state index is -3.65. The van der Waals surface area contributed by atoms with E-state index in [4.69, 9.17) is 0 Å². The summed E-state index contributed by atoms with van der Waals surface area (Å²) in [6, 6.07) is 16.8. The number of sulfone groups is 1. The molecule has 0 aliphatic rings. The molecule has 170 valence electrons. The summed E-state index contributed by atoms with van der Waals surface area (Å²) in [5.41, 5.74) is 2.68.